The van der Waals surface area contributed by atoms with Gasteiger partial charge in [0.2, 0.25) is 11.8 Å². The van der Waals surface area contributed by atoms with Crippen molar-refractivity contribution in [2.75, 3.05) is 13.1 Å². The molecule has 4 rings (SSSR count). The van der Waals surface area contributed by atoms with Gasteiger partial charge in [0.05, 0.1) is 5.92 Å². The lowest BCUT2D eigenvalue weighted by Crippen LogP contribution is -2.49. The number of fused-ring (bicyclic) bond motifs is 1. The number of hydrogen-bond acceptors (Lipinski definition) is 3. The predicted molar refractivity (Wildman–Crippen MR) is 147 cm³/mol. The van der Waals surface area contributed by atoms with Gasteiger partial charge in [-0.2, -0.15) is 0 Å². The van der Waals surface area contributed by atoms with Crippen molar-refractivity contribution in [1.29, 1.82) is 0 Å². The number of aryl methyl sites for hydroxylation is 1. The molecule has 0 unspecified atom stereocenters. The minimum absolute atomic E-state index is 0.0178. The lowest BCUT2D eigenvalue weighted by molar-refractivity contribution is -0.137. The van der Waals surface area contributed by atoms with Crippen LogP contribution in [0.25, 0.3) is 0 Å². The van der Waals surface area contributed by atoms with Crippen LogP contribution >= 0.6 is 0 Å². The van der Waals surface area contributed by atoms with E-state index in [0.717, 1.165) is 29.5 Å². The van der Waals surface area contributed by atoms with E-state index in [4.69, 9.17) is 11.5 Å². The van der Waals surface area contributed by atoms with Crippen molar-refractivity contribution in [3.8, 4) is 0 Å². The number of amides is 2. The summed E-state index contributed by atoms with van der Waals surface area (Å²) in [4.78, 5) is 33.6. The van der Waals surface area contributed by atoms with Crippen LogP contribution in [0.5, 0.6) is 0 Å². The smallest absolute Gasteiger partial charge is 0.245 e. The molecule has 3 aromatic carbocycles. The molecule has 1 heterocycles. The number of rotatable bonds is 9. The number of hydrogen-bond donors (Lipinski definition) is 3. The highest BCUT2D eigenvalue weighted by atomic mass is 16.2. The van der Waals surface area contributed by atoms with E-state index in [0.29, 0.717) is 32.5 Å². The third-order valence-corrected chi connectivity index (χ3v) is 6.75. The number of nitrogens with zero attached hydrogens (tertiary/aromatic N) is 2. The Morgan fingerprint density at radius 2 is 1.46 bits per heavy atom. The van der Waals surface area contributed by atoms with Crippen LogP contribution in [0.15, 0.2) is 89.9 Å². The van der Waals surface area contributed by atoms with E-state index < -0.39 is 12.0 Å². The third-order valence-electron chi connectivity index (χ3n) is 6.75. The minimum Gasteiger partial charge on any atom is -0.370 e. The fourth-order valence-corrected chi connectivity index (χ4v) is 4.91. The fourth-order valence-electron chi connectivity index (χ4n) is 4.91. The molecule has 192 valence electrons. The second kappa shape index (κ2) is 12.7. The number of nitrogens with one attached hydrogen (secondary N) is 1. The molecule has 0 saturated carbocycles. The highest BCUT2D eigenvalue weighted by Crippen LogP contribution is 2.26. The normalized spacial score (nSPS) is 13.8. The largest absolute Gasteiger partial charge is 0.370 e. The van der Waals surface area contributed by atoms with E-state index in [9.17, 15) is 9.59 Å². The van der Waals surface area contributed by atoms with Gasteiger partial charge in [-0.05, 0) is 47.9 Å². The van der Waals surface area contributed by atoms with Crippen LogP contribution in [-0.2, 0) is 22.6 Å². The van der Waals surface area contributed by atoms with E-state index in [1.807, 2.05) is 77.7 Å². The quantitative estimate of drug-likeness (QED) is 0.239. The van der Waals surface area contributed by atoms with Crippen LogP contribution in [0, 0.1) is 0 Å². The summed E-state index contributed by atoms with van der Waals surface area (Å²) in [6.07, 6.45) is 2.83. The van der Waals surface area contributed by atoms with Crippen molar-refractivity contribution in [3.05, 3.63) is 107 Å². The molecule has 0 aliphatic carbocycles. The Morgan fingerprint density at radius 1 is 0.865 bits per heavy atom. The Morgan fingerprint density at radius 3 is 2.08 bits per heavy atom. The van der Waals surface area contributed by atoms with Crippen molar-refractivity contribution in [2.24, 2.45) is 16.5 Å². The summed E-state index contributed by atoms with van der Waals surface area (Å²) in [7, 11) is 0. The van der Waals surface area contributed by atoms with Gasteiger partial charge in [-0.3, -0.25) is 14.6 Å². The summed E-state index contributed by atoms with van der Waals surface area (Å²) in [6, 6.07) is 26.9. The maximum absolute atomic E-state index is 13.8. The van der Waals surface area contributed by atoms with Gasteiger partial charge in [0.25, 0.3) is 0 Å². The Labute approximate surface area is 218 Å². The first-order valence-electron chi connectivity index (χ1n) is 12.8. The first-order valence-corrected chi connectivity index (χ1v) is 12.8. The first-order chi connectivity index (χ1) is 18.0. The number of aliphatic imine (C=N–C) groups is 1. The molecule has 1 aliphatic rings. The topological polar surface area (TPSA) is 114 Å². The van der Waals surface area contributed by atoms with Gasteiger partial charge in [-0.15, -0.1) is 0 Å². The van der Waals surface area contributed by atoms with Gasteiger partial charge in [0.15, 0.2) is 5.96 Å². The van der Waals surface area contributed by atoms with Crippen molar-refractivity contribution in [2.45, 2.75) is 44.2 Å². The van der Waals surface area contributed by atoms with Gasteiger partial charge in [-0.25, -0.2) is 0 Å². The van der Waals surface area contributed by atoms with Crippen LogP contribution in [-0.4, -0.2) is 41.8 Å². The predicted octanol–water partition coefficient (Wildman–Crippen LogP) is 3.33. The molecule has 7 nitrogen and oxygen atoms in total. The molecule has 2 amide bonds. The standard InChI is InChI=1S/C30H35N5O2/c31-30(32)33-19-9-18-26(29(37)35-20-10-17-22-11-7-8-16-25(22)21-35)34-28(36)27(23-12-3-1-4-13-23)24-14-5-2-6-15-24/h1-8,11-16,26-27H,9-10,17-21H2,(H,34,36)(H4,31,32,33)/t26-/m1/s1. The molecule has 5 N–H and O–H groups in total. The van der Waals surface area contributed by atoms with Gasteiger partial charge in [0.1, 0.15) is 6.04 Å². The Bertz CT molecular complexity index is 1170. The van der Waals surface area contributed by atoms with Crippen LogP contribution in [0.2, 0.25) is 0 Å². The molecule has 37 heavy (non-hydrogen) atoms. The minimum atomic E-state index is -0.679. The SMILES string of the molecule is NC(N)=NCCC[C@@H](NC(=O)C(c1ccccc1)c1ccccc1)C(=O)N1CCCc2ccccc2C1. The van der Waals surface area contributed by atoms with Crippen LogP contribution in [0.3, 0.4) is 0 Å². The van der Waals surface area contributed by atoms with E-state index in [1.54, 1.807) is 0 Å². The molecule has 0 saturated heterocycles. The highest BCUT2D eigenvalue weighted by molar-refractivity contribution is 5.92. The lowest BCUT2D eigenvalue weighted by Gasteiger charge is -2.28. The number of nitrogens with two attached hydrogens (primary N) is 2. The number of carbonyl (C=O) groups is 2. The first kappa shape index (κ1) is 25.9. The Kier molecular flexibility index (Phi) is 8.92. The van der Waals surface area contributed by atoms with E-state index in [1.165, 1.54) is 5.56 Å². The van der Waals surface area contributed by atoms with Crippen LogP contribution < -0.4 is 16.8 Å². The Hall–Kier alpha value is -4.13. The zero-order valence-corrected chi connectivity index (χ0v) is 21.1. The number of guanidine groups is 1. The molecule has 3 aromatic rings. The maximum atomic E-state index is 13.8. The van der Waals surface area contributed by atoms with Crippen molar-refractivity contribution in [1.82, 2.24) is 10.2 Å². The average Bonchev–Trinajstić information content (AvgIpc) is 3.14. The van der Waals surface area contributed by atoms with E-state index in [-0.39, 0.29) is 17.8 Å². The van der Waals surface area contributed by atoms with Crippen LogP contribution in [0.1, 0.15) is 47.4 Å². The Balaban J connectivity index is 1.57. The van der Waals surface area contributed by atoms with Gasteiger partial charge in [0, 0.05) is 19.6 Å². The fraction of sp³-hybridized carbons (Fsp3) is 0.300. The van der Waals surface area contributed by atoms with Crippen molar-refractivity contribution < 1.29 is 9.59 Å². The summed E-state index contributed by atoms with van der Waals surface area (Å²) < 4.78 is 0. The molecule has 0 spiro atoms. The van der Waals surface area contributed by atoms with Crippen LogP contribution in [0.4, 0.5) is 0 Å². The van der Waals surface area contributed by atoms with Gasteiger partial charge < -0.3 is 21.7 Å². The summed E-state index contributed by atoms with van der Waals surface area (Å²) in [6.45, 7) is 1.58. The maximum Gasteiger partial charge on any atom is 0.245 e. The average molecular weight is 498 g/mol. The van der Waals surface area contributed by atoms with Gasteiger partial charge in [-0.1, -0.05) is 84.9 Å². The molecule has 0 aromatic heterocycles. The summed E-state index contributed by atoms with van der Waals surface area (Å²) in [5.41, 5.74) is 15.1. The number of benzene rings is 3. The van der Waals surface area contributed by atoms with Crippen molar-refractivity contribution >= 4 is 17.8 Å². The van der Waals surface area contributed by atoms with E-state index >= 15 is 0 Å². The zero-order chi connectivity index (χ0) is 26.0. The summed E-state index contributed by atoms with van der Waals surface area (Å²) in [5.74, 6) is -0.785. The van der Waals surface area contributed by atoms with Crippen molar-refractivity contribution in [3.63, 3.8) is 0 Å². The molecule has 1 aliphatic heterocycles. The highest BCUT2D eigenvalue weighted by Gasteiger charge is 2.31. The summed E-state index contributed by atoms with van der Waals surface area (Å²) in [5, 5.41) is 3.10. The molecular weight excluding hydrogens is 462 g/mol. The molecule has 7 heteroatoms. The molecule has 0 bridgehead atoms. The monoisotopic (exact) mass is 497 g/mol. The second-order valence-electron chi connectivity index (χ2n) is 9.40. The second-order valence-corrected chi connectivity index (χ2v) is 9.40. The third kappa shape index (κ3) is 6.97. The van der Waals surface area contributed by atoms with Gasteiger partial charge >= 0.3 is 0 Å². The van der Waals surface area contributed by atoms with E-state index in [2.05, 4.69) is 22.4 Å². The molecule has 1 atom stereocenters. The number of carbonyl (C=O) groups excluding carboxylic acids is 2. The zero-order valence-electron chi connectivity index (χ0n) is 21.1. The summed E-state index contributed by atoms with van der Waals surface area (Å²) >= 11 is 0. The lowest BCUT2D eigenvalue weighted by atomic mass is 9.90. The molecule has 0 radical (unpaired) electrons. The molecular formula is C30H35N5O2. The molecule has 0 fully saturated rings.